The van der Waals surface area contributed by atoms with Gasteiger partial charge in [0.1, 0.15) is 0 Å². The molecule has 0 amide bonds. The van der Waals surface area contributed by atoms with Crippen LogP contribution in [0.5, 0.6) is 0 Å². The fourth-order valence-electron chi connectivity index (χ4n) is 1.77. The maximum absolute atomic E-state index is 4.72. The fourth-order valence-corrected chi connectivity index (χ4v) is 1.77. The summed E-state index contributed by atoms with van der Waals surface area (Å²) in [5.74, 6) is 0. The Labute approximate surface area is 125 Å². The normalized spacial score (nSPS) is 15.6. The maximum Gasteiger partial charge on any atom is 4.00 e. The largest absolute Gasteiger partial charge is 4.00 e. The Morgan fingerprint density at radius 1 is 0.529 bits per heavy atom. The zero-order chi connectivity index (χ0) is 12.5. The van der Waals surface area contributed by atoms with Crippen LogP contribution in [0.2, 0.25) is 0 Å². The van der Waals surface area contributed by atoms with E-state index in [2.05, 4.69) is 0 Å². The van der Waals surface area contributed by atoms with E-state index in [1.165, 1.54) is 76.4 Å². The molecule has 2 aliphatic carbocycles. The van der Waals surface area contributed by atoms with E-state index < -0.39 is 0 Å². The number of allylic oxidation sites excluding steroid dienone is 2. The molecule has 0 N–H and O–H groups in total. The van der Waals surface area contributed by atoms with E-state index in [4.69, 9.17) is 13.2 Å². The van der Waals surface area contributed by atoms with Crippen molar-refractivity contribution in [2.75, 3.05) is 0 Å². The Balaban J connectivity index is -0.000000157. The van der Waals surface area contributed by atoms with Gasteiger partial charge in [-0.15, -0.1) is 0 Å². The Hall–Kier alpha value is 0.194. The van der Waals surface area contributed by atoms with Crippen LogP contribution >= 0.6 is 0 Å². The first-order valence-electron chi connectivity index (χ1n) is 6.82. The molecular formula is C16H30Ti+2. The maximum atomic E-state index is 4.72. The first kappa shape index (κ1) is 22.4. The van der Waals surface area contributed by atoms with Gasteiger partial charge in [-0.25, -0.2) is 0 Å². The number of rotatable bonds is 0. The van der Waals surface area contributed by atoms with Crippen molar-refractivity contribution in [3.8, 4) is 0 Å². The molecule has 2 fully saturated rings. The van der Waals surface area contributed by atoms with Crippen LogP contribution < -0.4 is 0 Å². The molecule has 0 aromatic rings. The van der Waals surface area contributed by atoms with Gasteiger partial charge in [0.25, 0.3) is 0 Å². The van der Waals surface area contributed by atoms with Crippen molar-refractivity contribution in [1.29, 1.82) is 0 Å². The van der Waals surface area contributed by atoms with Crippen LogP contribution in [0.1, 0.15) is 78.1 Å². The molecule has 0 aromatic carbocycles. The Morgan fingerprint density at radius 3 is 0.647 bits per heavy atom. The van der Waals surface area contributed by atoms with Gasteiger partial charge in [-0.05, 0) is 0 Å². The zero-order valence-corrected chi connectivity index (χ0v) is 13.4. The third kappa shape index (κ3) is 31.4. The monoisotopic (exact) mass is 270 g/mol. The summed E-state index contributed by atoms with van der Waals surface area (Å²) in [5.41, 5.74) is 0. The molecule has 0 aromatic heterocycles. The topological polar surface area (TPSA) is 0 Å². The van der Waals surface area contributed by atoms with Gasteiger partial charge in [0.15, 0.2) is 0 Å². The van der Waals surface area contributed by atoms with Gasteiger partial charge in [-0.3, -0.25) is 12.2 Å². The molecule has 2 rings (SSSR count). The molecule has 0 bridgehead atoms. The Bertz CT molecular complexity index is 90.3. The van der Waals surface area contributed by atoms with E-state index in [1.807, 2.05) is 0 Å². The van der Waals surface area contributed by atoms with Crippen molar-refractivity contribution >= 4 is 0 Å². The SMILES string of the molecule is C1CCCC1.C1CCCC1.[CH-]=CC.[CH-]=CC.[Ti+4]. The molecule has 0 nitrogen and oxygen atoms in total. The number of hydrogen-bond donors (Lipinski definition) is 0. The van der Waals surface area contributed by atoms with Crippen molar-refractivity contribution in [2.24, 2.45) is 0 Å². The van der Waals surface area contributed by atoms with Gasteiger partial charge >= 0.3 is 21.7 Å². The van der Waals surface area contributed by atoms with Crippen LogP contribution in [-0.4, -0.2) is 0 Å². The van der Waals surface area contributed by atoms with E-state index >= 15 is 0 Å². The van der Waals surface area contributed by atoms with Crippen LogP contribution in [0.25, 0.3) is 0 Å². The standard InChI is InChI=1S/2C5H10.2C3H5.Ti/c2*1-2-4-5-3-1;2*1-3-2;/h2*1-5H2;2*1,3H,2H3;/q;;2*-1;+4. The first-order valence-corrected chi connectivity index (χ1v) is 6.82. The number of hydrogen-bond acceptors (Lipinski definition) is 0. The molecule has 2 saturated carbocycles. The zero-order valence-electron chi connectivity index (χ0n) is 11.9. The van der Waals surface area contributed by atoms with Crippen LogP contribution in [-0.2, 0) is 21.7 Å². The van der Waals surface area contributed by atoms with Gasteiger partial charge in [-0.2, -0.15) is 0 Å². The third-order valence-electron chi connectivity index (χ3n) is 2.50. The molecule has 96 valence electrons. The molecule has 0 atom stereocenters. The van der Waals surface area contributed by atoms with Gasteiger partial charge < -0.3 is 13.2 Å². The molecule has 2 aliphatic rings. The Kier molecular flexibility index (Phi) is 33.1. The summed E-state index contributed by atoms with van der Waals surface area (Å²) < 4.78 is 0. The van der Waals surface area contributed by atoms with Crippen LogP contribution in [0.3, 0.4) is 0 Å². The smallest absolute Gasteiger partial charge is 0.518 e. The van der Waals surface area contributed by atoms with E-state index in [0.29, 0.717) is 0 Å². The Morgan fingerprint density at radius 2 is 0.588 bits per heavy atom. The molecule has 0 radical (unpaired) electrons. The molecule has 0 aliphatic heterocycles. The van der Waals surface area contributed by atoms with Crippen LogP contribution in [0.15, 0.2) is 12.2 Å². The van der Waals surface area contributed by atoms with Crippen molar-refractivity contribution in [1.82, 2.24) is 0 Å². The summed E-state index contributed by atoms with van der Waals surface area (Å²) in [7, 11) is 0. The summed E-state index contributed by atoms with van der Waals surface area (Å²) >= 11 is 0. The molecular weight excluding hydrogens is 240 g/mol. The molecule has 0 unspecified atom stereocenters. The minimum Gasteiger partial charge on any atom is -0.518 e. The summed E-state index contributed by atoms with van der Waals surface area (Å²) in [6.07, 6.45) is 18.0. The van der Waals surface area contributed by atoms with Crippen LogP contribution in [0, 0.1) is 13.2 Å². The van der Waals surface area contributed by atoms with Crippen molar-refractivity contribution in [3.63, 3.8) is 0 Å². The molecule has 0 saturated heterocycles. The van der Waals surface area contributed by atoms with E-state index in [0.717, 1.165) is 0 Å². The van der Waals surface area contributed by atoms with Crippen molar-refractivity contribution < 1.29 is 21.7 Å². The van der Waals surface area contributed by atoms with Gasteiger partial charge in [0, 0.05) is 0 Å². The first-order chi connectivity index (χ1) is 7.83. The van der Waals surface area contributed by atoms with Crippen molar-refractivity contribution in [3.05, 3.63) is 25.3 Å². The predicted octanol–water partition coefficient (Wildman–Crippen LogP) is 5.89. The van der Waals surface area contributed by atoms with Gasteiger partial charge in [0.2, 0.25) is 0 Å². The van der Waals surface area contributed by atoms with E-state index in [1.54, 1.807) is 13.8 Å². The summed E-state index contributed by atoms with van der Waals surface area (Å²) in [5, 5.41) is 0. The minimum absolute atomic E-state index is 0. The van der Waals surface area contributed by atoms with Gasteiger partial charge in [0.05, 0.1) is 0 Å². The second-order valence-electron chi connectivity index (χ2n) is 4.20. The summed E-state index contributed by atoms with van der Waals surface area (Å²) in [6.45, 7) is 13.0. The van der Waals surface area contributed by atoms with Crippen molar-refractivity contribution in [2.45, 2.75) is 78.1 Å². The average molecular weight is 270 g/mol. The second kappa shape index (κ2) is 25.1. The third-order valence-corrected chi connectivity index (χ3v) is 2.50. The second-order valence-corrected chi connectivity index (χ2v) is 4.20. The predicted molar refractivity (Wildman–Crippen MR) is 75.3 cm³/mol. The van der Waals surface area contributed by atoms with E-state index in [9.17, 15) is 0 Å². The summed E-state index contributed by atoms with van der Waals surface area (Å²) in [4.78, 5) is 0. The summed E-state index contributed by atoms with van der Waals surface area (Å²) in [6, 6.07) is 0. The molecule has 0 heterocycles. The molecule has 0 spiro atoms. The minimum atomic E-state index is 0. The van der Waals surface area contributed by atoms with Crippen LogP contribution in [0.4, 0.5) is 0 Å². The van der Waals surface area contributed by atoms with E-state index in [-0.39, 0.29) is 21.7 Å². The fraction of sp³-hybridized carbons (Fsp3) is 0.750. The van der Waals surface area contributed by atoms with Gasteiger partial charge in [-0.1, -0.05) is 78.1 Å². The molecule has 17 heavy (non-hydrogen) atoms. The quantitative estimate of drug-likeness (QED) is 0.380. The average Bonchev–Trinajstić information content (AvgIpc) is 3.00. The molecule has 1 heteroatoms.